The van der Waals surface area contributed by atoms with Crippen molar-refractivity contribution in [2.24, 2.45) is 0 Å². The number of ether oxygens (including phenoxy) is 1. The van der Waals surface area contributed by atoms with E-state index >= 15 is 0 Å². The predicted molar refractivity (Wildman–Crippen MR) is 39.9 cm³/mol. The molecule has 0 bridgehead atoms. The fourth-order valence-electron chi connectivity index (χ4n) is 1.69. The summed E-state index contributed by atoms with van der Waals surface area (Å²) in [6.07, 6.45) is -12.4. The van der Waals surface area contributed by atoms with Crippen LogP contribution in [0.15, 0.2) is 0 Å². The molecule has 0 aromatic carbocycles. The molecule has 1 saturated heterocycles. The van der Waals surface area contributed by atoms with Gasteiger partial charge in [-0.3, -0.25) is 4.74 Å². The molecule has 0 aromatic heterocycles. The molecule has 1 heterocycles. The standard InChI is InChI=1S/C8H6F10O/c1-3(9)5(12,7(14,15)16)6(13,4(2,10)11)19-8(3,17)18/h1-2H3. The molecule has 0 spiro atoms. The number of hydrogen-bond acceptors (Lipinski definition) is 1. The molecule has 11 heteroatoms. The summed E-state index contributed by atoms with van der Waals surface area (Å²) in [6.45, 7) is -1.34. The van der Waals surface area contributed by atoms with E-state index < -0.39 is 49.2 Å². The summed E-state index contributed by atoms with van der Waals surface area (Å²) in [6, 6.07) is 0. The average molecular weight is 308 g/mol. The molecule has 0 radical (unpaired) electrons. The van der Waals surface area contributed by atoms with Crippen molar-refractivity contribution in [3.05, 3.63) is 0 Å². The molecule has 0 saturated carbocycles. The maximum absolute atomic E-state index is 13.7. The van der Waals surface area contributed by atoms with E-state index in [9.17, 15) is 43.9 Å². The molecule has 1 aliphatic heterocycles. The van der Waals surface area contributed by atoms with Gasteiger partial charge in [0.05, 0.1) is 0 Å². The Morgan fingerprint density at radius 3 is 1.42 bits per heavy atom. The quantitative estimate of drug-likeness (QED) is 0.667. The van der Waals surface area contributed by atoms with E-state index in [4.69, 9.17) is 0 Å². The summed E-state index contributed by atoms with van der Waals surface area (Å²) in [5.74, 6) is -11.3. The second kappa shape index (κ2) is 3.47. The molecular formula is C8H6F10O. The van der Waals surface area contributed by atoms with Crippen LogP contribution in [0.4, 0.5) is 43.9 Å². The Morgan fingerprint density at radius 1 is 0.842 bits per heavy atom. The van der Waals surface area contributed by atoms with Gasteiger partial charge in [0.25, 0.3) is 0 Å². The van der Waals surface area contributed by atoms with Crippen LogP contribution < -0.4 is 0 Å². The lowest BCUT2D eigenvalue weighted by molar-refractivity contribution is -0.384. The van der Waals surface area contributed by atoms with Crippen molar-refractivity contribution in [1.82, 2.24) is 0 Å². The maximum atomic E-state index is 13.7. The number of rotatable bonds is 1. The highest BCUT2D eigenvalue weighted by molar-refractivity contribution is 5.23. The van der Waals surface area contributed by atoms with E-state index in [1.54, 1.807) is 0 Å². The first-order valence-corrected chi connectivity index (χ1v) is 4.55. The first-order chi connectivity index (χ1) is 7.96. The Bertz CT molecular complexity index is 382. The van der Waals surface area contributed by atoms with Crippen LogP contribution in [0.5, 0.6) is 0 Å². The smallest absolute Gasteiger partial charge is 0.271 e. The van der Waals surface area contributed by atoms with Crippen LogP contribution in [-0.2, 0) is 4.74 Å². The minimum atomic E-state index is -6.70. The van der Waals surface area contributed by atoms with Crippen LogP contribution >= 0.6 is 0 Å². The number of hydrogen-bond donors (Lipinski definition) is 0. The summed E-state index contributed by atoms with van der Waals surface area (Å²) < 4.78 is 132. The predicted octanol–water partition coefficient (Wildman–Crippen LogP) is 3.93. The Balaban J connectivity index is 3.69. The highest BCUT2D eigenvalue weighted by atomic mass is 19.4. The van der Waals surface area contributed by atoms with Gasteiger partial charge < -0.3 is 0 Å². The van der Waals surface area contributed by atoms with Gasteiger partial charge >= 0.3 is 29.7 Å². The minimum Gasteiger partial charge on any atom is -0.271 e. The average Bonchev–Trinajstić information content (AvgIpc) is 2.20. The molecule has 0 aliphatic carbocycles. The van der Waals surface area contributed by atoms with Gasteiger partial charge in [0.2, 0.25) is 5.67 Å². The van der Waals surface area contributed by atoms with Crippen LogP contribution in [0.1, 0.15) is 13.8 Å². The van der Waals surface area contributed by atoms with Crippen LogP contribution in [0, 0.1) is 0 Å². The molecule has 19 heavy (non-hydrogen) atoms. The van der Waals surface area contributed by atoms with Gasteiger partial charge in [-0.05, 0) is 6.92 Å². The first kappa shape index (κ1) is 16.3. The van der Waals surface area contributed by atoms with Gasteiger partial charge in [0, 0.05) is 6.92 Å². The molecule has 0 aromatic rings. The number of halogens is 10. The lowest BCUT2D eigenvalue weighted by atomic mass is 9.80. The van der Waals surface area contributed by atoms with E-state index in [0.29, 0.717) is 0 Å². The van der Waals surface area contributed by atoms with E-state index in [-0.39, 0.29) is 0 Å². The molecule has 0 N–H and O–H groups in total. The third kappa shape index (κ3) is 1.59. The third-order valence-electron chi connectivity index (χ3n) is 2.86. The van der Waals surface area contributed by atoms with E-state index in [0.717, 1.165) is 0 Å². The van der Waals surface area contributed by atoms with E-state index in [2.05, 4.69) is 4.74 Å². The van der Waals surface area contributed by atoms with Crippen molar-refractivity contribution in [1.29, 1.82) is 0 Å². The van der Waals surface area contributed by atoms with Crippen molar-refractivity contribution < 1.29 is 48.6 Å². The molecule has 3 unspecified atom stereocenters. The number of alkyl halides is 10. The SMILES string of the molecule is CC(F)(F)C1(F)OC(F)(F)C(C)(F)C1(F)C(F)(F)F. The van der Waals surface area contributed by atoms with Crippen LogP contribution in [0.2, 0.25) is 0 Å². The Morgan fingerprint density at radius 2 is 1.21 bits per heavy atom. The minimum absolute atomic E-state index is 0.634. The Hall–Kier alpha value is -0.740. The zero-order valence-electron chi connectivity index (χ0n) is 9.19. The highest BCUT2D eigenvalue weighted by Gasteiger charge is 2.96. The highest BCUT2D eigenvalue weighted by Crippen LogP contribution is 2.67. The Labute approximate surface area is 99.1 Å². The maximum Gasteiger partial charge on any atom is 0.432 e. The lowest BCUT2D eigenvalue weighted by Crippen LogP contribution is -2.69. The van der Waals surface area contributed by atoms with Gasteiger partial charge in [0.15, 0.2) is 0 Å². The summed E-state index contributed by atoms with van der Waals surface area (Å²) in [5.41, 5.74) is -11.6. The molecule has 1 nitrogen and oxygen atoms in total. The van der Waals surface area contributed by atoms with Crippen molar-refractivity contribution in [3.8, 4) is 0 Å². The Kier molecular flexibility index (Phi) is 2.98. The van der Waals surface area contributed by atoms with Crippen molar-refractivity contribution >= 4 is 0 Å². The summed E-state index contributed by atoms with van der Waals surface area (Å²) in [5, 5.41) is 0. The molecule has 3 atom stereocenters. The molecule has 1 rings (SSSR count). The fraction of sp³-hybridized carbons (Fsp3) is 1.00. The van der Waals surface area contributed by atoms with E-state index in [1.165, 1.54) is 0 Å². The van der Waals surface area contributed by atoms with Crippen molar-refractivity contribution in [2.75, 3.05) is 0 Å². The van der Waals surface area contributed by atoms with Crippen LogP contribution in [-0.4, -0.2) is 35.4 Å². The zero-order chi connectivity index (χ0) is 15.7. The molecule has 0 amide bonds. The van der Waals surface area contributed by atoms with Crippen LogP contribution in [0.3, 0.4) is 0 Å². The third-order valence-corrected chi connectivity index (χ3v) is 2.86. The van der Waals surface area contributed by atoms with Crippen LogP contribution in [0.25, 0.3) is 0 Å². The first-order valence-electron chi connectivity index (χ1n) is 4.55. The molecule has 114 valence electrons. The second-order valence-corrected chi connectivity index (χ2v) is 4.26. The largest absolute Gasteiger partial charge is 0.432 e. The van der Waals surface area contributed by atoms with Crippen molar-refractivity contribution in [3.63, 3.8) is 0 Å². The second-order valence-electron chi connectivity index (χ2n) is 4.26. The summed E-state index contributed by atoms with van der Waals surface area (Å²) >= 11 is 0. The summed E-state index contributed by atoms with van der Waals surface area (Å²) in [7, 11) is 0. The van der Waals surface area contributed by atoms with Gasteiger partial charge in [-0.15, -0.1) is 0 Å². The summed E-state index contributed by atoms with van der Waals surface area (Å²) in [4.78, 5) is 0. The van der Waals surface area contributed by atoms with E-state index in [1.807, 2.05) is 0 Å². The van der Waals surface area contributed by atoms with Gasteiger partial charge in [-0.2, -0.15) is 22.0 Å². The molecule has 1 aliphatic rings. The molecular weight excluding hydrogens is 302 g/mol. The monoisotopic (exact) mass is 308 g/mol. The molecule has 1 fully saturated rings. The topological polar surface area (TPSA) is 9.23 Å². The van der Waals surface area contributed by atoms with Gasteiger partial charge in [-0.25, -0.2) is 22.0 Å². The van der Waals surface area contributed by atoms with Gasteiger partial charge in [-0.1, -0.05) is 0 Å². The fourth-order valence-corrected chi connectivity index (χ4v) is 1.69. The van der Waals surface area contributed by atoms with Gasteiger partial charge in [0.1, 0.15) is 0 Å². The van der Waals surface area contributed by atoms with Crippen molar-refractivity contribution in [2.45, 2.75) is 49.2 Å². The lowest BCUT2D eigenvalue weighted by Gasteiger charge is -2.38. The zero-order valence-corrected chi connectivity index (χ0v) is 9.19. The normalized spacial score (nSPS) is 43.6.